The molecule has 0 aromatic heterocycles. The van der Waals surface area contributed by atoms with Crippen LogP contribution in [0.25, 0.3) is 0 Å². The maximum absolute atomic E-state index is 11.6. The lowest BCUT2D eigenvalue weighted by Gasteiger charge is -2.02. The number of hydrogen-bond acceptors (Lipinski definition) is 1. The summed E-state index contributed by atoms with van der Waals surface area (Å²) >= 11 is 0. The summed E-state index contributed by atoms with van der Waals surface area (Å²) in [6, 6.07) is 0. The lowest BCUT2D eigenvalue weighted by atomic mass is 10.0. The molecule has 0 radical (unpaired) electrons. The van der Waals surface area contributed by atoms with Crippen LogP contribution in [0.5, 0.6) is 0 Å². The summed E-state index contributed by atoms with van der Waals surface area (Å²) in [5.41, 5.74) is 3.21. The zero-order valence-electron chi connectivity index (χ0n) is 8.39. The van der Waals surface area contributed by atoms with Gasteiger partial charge in [-0.15, -0.1) is 0 Å². The molecule has 1 aliphatic rings. The maximum Gasteiger partial charge on any atom is 0.181 e. The first-order valence-electron chi connectivity index (χ1n) is 4.71. The van der Waals surface area contributed by atoms with E-state index in [-0.39, 0.29) is 5.78 Å². The number of ketones is 1. The number of carbonyl (C=O) groups excluding carboxylic acids is 1. The van der Waals surface area contributed by atoms with Crippen molar-refractivity contribution in [1.82, 2.24) is 0 Å². The molecule has 70 valence electrons. The summed E-state index contributed by atoms with van der Waals surface area (Å²) in [5, 5.41) is 0. The Labute approximate surface area is 79.8 Å². The second kappa shape index (κ2) is 4.22. The summed E-state index contributed by atoms with van der Waals surface area (Å²) in [5.74, 6) is 0.165. The van der Waals surface area contributed by atoms with E-state index >= 15 is 0 Å². The van der Waals surface area contributed by atoms with Gasteiger partial charge in [0.25, 0.3) is 0 Å². The molecule has 1 nitrogen and oxygen atoms in total. The molecular weight excluding hydrogens is 160 g/mol. The second-order valence-electron chi connectivity index (χ2n) is 3.46. The van der Waals surface area contributed by atoms with Crippen LogP contribution in [-0.4, -0.2) is 5.78 Å². The topological polar surface area (TPSA) is 17.1 Å². The predicted octanol–water partition coefficient (Wildman–Crippen LogP) is 3.19. The zero-order chi connectivity index (χ0) is 9.84. The highest BCUT2D eigenvalue weighted by Gasteiger charge is 2.18. The predicted molar refractivity (Wildman–Crippen MR) is 55.5 cm³/mol. The van der Waals surface area contributed by atoms with Crippen LogP contribution in [0.1, 0.15) is 33.1 Å². The van der Waals surface area contributed by atoms with Gasteiger partial charge < -0.3 is 0 Å². The summed E-state index contributed by atoms with van der Waals surface area (Å²) in [7, 11) is 0. The molecule has 0 N–H and O–H groups in total. The lowest BCUT2D eigenvalue weighted by molar-refractivity contribution is -0.111. The first kappa shape index (κ1) is 9.97. The van der Waals surface area contributed by atoms with Crippen molar-refractivity contribution in [3.63, 3.8) is 0 Å². The third kappa shape index (κ3) is 2.18. The Hall–Kier alpha value is -1.11. The smallest absolute Gasteiger partial charge is 0.181 e. The van der Waals surface area contributed by atoms with Crippen molar-refractivity contribution in [3.8, 4) is 0 Å². The molecule has 1 heteroatoms. The molecule has 0 bridgehead atoms. The average molecular weight is 176 g/mol. The van der Waals surface area contributed by atoms with Crippen LogP contribution in [0.2, 0.25) is 0 Å². The van der Waals surface area contributed by atoms with Gasteiger partial charge in [0.2, 0.25) is 0 Å². The third-order valence-electron chi connectivity index (χ3n) is 2.35. The fraction of sp³-hybridized carbons (Fsp3) is 0.417. The second-order valence-corrected chi connectivity index (χ2v) is 3.46. The van der Waals surface area contributed by atoms with E-state index in [1.54, 1.807) is 12.2 Å². The number of rotatable bonds is 3. The monoisotopic (exact) mass is 176 g/mol. The minimum absolute atomic E-state index is 0.165. The molecular formula is C12H16O. The summed E-state index contributed by atoms with van der Waals surface area (Å²) in [4.78, 5) is 11.6. The first-order chi connectivity index (χ1) is 6.16. The van der Waals surface area contributed by atoms with Gasteiger partial charge in [-0.2, -0.15) is 0 Å². The van der Waals surface area contributed by atoms with Crippen LogP contribution in [0.3, 0.4) is 0 Å². The van der Waals surface area contributed by atoms with Crippen molar-refractivity contribution in [1.29, 1.82) is 0 Å². The third-order valence-corrected chi connectivity index (χ3v) is 2.35. The van der Waals surface area contributed by atoms with Crippen LogP contribution in [-0.2, 0) is 4.79 Å². The Bertz CT molecular complexity index is 292. The number of allylic oxidation sites excluding steroid dienone is 5. The van der Waals surface area contributed by atoms with Gasteiger partial charge in [-0.25, -0.2) is 0 Å². The lowest BCUT2D eigenvalue weighted by Crippen LogP contribution is -1.98. The van der Waals surface area contributed by atoms with Crippen LogP contribution in [0, 0.1) is 0 Å². The largest absolute Gasteiger partial charge is 0.290 e. The van der Waals surface area contributed by atoms with Crippen molar-refractivity contribution < 1.29 is 4.79 Å². The number of hydrogen-bond donors (Lipinski definition) is 0. The maximum atomic E-state index is 11.6. The highest BCUT2D eigenvalue weighted by atomic mass is 16.1. The Balaban J connectivity index is 2.94. The molecule has 0 aliphatic heterocycles. The fourth-order valence-electron chi connectivity index (χ4n) is 1.74. The molecule has 0 aromatic rings. The molecule has 0 spiro atoms. The standard InChI is InChI=1S/C12H16O/c1-4-6-12(13)11-8-5-7-10(11)9(2)3/h4,6H,2,5,7-8H2,1,3H3/b6-4-. The molecule has 0 saturated heterocycles. The quantitative estimate of drug-likeness (QED) is 0.603. The minimum atomic E-state index is 0.165. The van der Waals surface area contributed by atoms with Crippen molar-refractivity contribution in [2.24, 2.45) is 0 Å². The van der Waals surface area contributed by atoms with E-state index in [9.17, 15) is 4.79 Å². The molecule has 13 heavy (non-hydrogen) atoms. The van der Waals surface area contributed by atoms with Gasteiger partial charge in [-0.05, 0) is 44.8 Å². The van der Waals surface area contributed by atoms with E-state index in [4.69, 9.17) is 0 Å². The Morgan fingerprint density at radius 3 is 2.54 bits per heavy atom. The van der Waals surface area contributed by atoms with Gasteiger partial charge in [-0.1, -0.05) is 18.2 Å². The molecule has 0 fully saturated rings. The number of carbonyl (C=O) groups is 1. The first-order valence-corrected chi connectivity index (χ1v) is 4.71. The van der Waals surface area contributed by atoms with Crippen LogP contribution in [0.4, 0.5) is 0 Å². The van der Waals surface area contributed by atoms with Crippen LogP contribution >= 0.6 is 0 Å². The van der Waals surface area contributed by atoms with Crippen LogP contribution < -0.4 is 0 Å². The van der Waals surface area contributed by atoms with Crippen molar-refractivity contribution >= 4 is 5.78 Å². The van der Waals surface area contributed by atoms with E-state index in [0.717, 1.165) is 30.4 Å². The normalized spacial score (nSPS) is 17.1. The van der Waals surface area contributed by atoms with Gasteiger partial charge in [0, 0.05) is 5.57 Å². The van der Waals surface area contributed by atoms with Crippen molar-refractivity contribution in [2.75, 3.05) is 0 Å². The van der Waals surface area contributed by atoms with Crippen molar-refractivity contribution in [2.45, 2.75) is 33.1 Å². The Kier molecular flexibility index (Phi) is 3.24. The van der Waals surface area contributed by atoms with E-state index in [2.05, 4.69) is 6.58 Å². The van der Waals surface area contributed by atoms with Gasteiger partial charge in [0.15, 0.2) is 5.78 Å². The molecule has 0 unspecified atom stereocenters. The van der Waals surface area contributed by atoms with E-state index in [1.165, 1.54) is 5.57 Å². The molecule has 0 aromatic carbocycles. The van der Waals surface area contributed by atoms with E-state index < -0.39 is 0 Å². The van der Waals surface area contributed by atoms with Gasteiger partial charge >= 0.3 is 0 Å². The van der Waals surface area contributed by atoms with Crippen LogP contribution in [0.15, 0.2) is 35.5 Å². The van der Waals surface area contributed by atoms with Crippen molar-refractivity contribution in [3.05, 3.63) is 35.5 Å². The fourth-order valence-corrected chi connectivity index (χ4v) is 1.74. The Morgan fingerprint density at radius 2 is 2.00 bits per heavy atom. The molecule has 0 atom stereocenters. The molecule has 0 saturated carbocycles. The summed E-state index contributed by atoms with van der Waals surface area (Å²) in [6.07, 6.45) is 6.48. The highest BCUT2D eigenvalue weighted by Crippen LogP contribution is 2.30. The van der Waals surface area contributed by atoms with E-state index in [0.29, 0.717) is 0 Å². The summed E-state index contributed by atoms with van der Waals surface area (Å²) in [6.45, 7) is 7.74. The minimum Gasteiger partial charge on any atom is -0.290 e. The van der Waals surface area contributed by atoms with Gasteiger partial charge in [-0.3, -0.25) is 4.79 Å². The zero-order valence-corrected chi connectivity index (χ0v) is 8.39. The summed E-state index contributed by atoms with van der Waals surface area (Å²) < 4.78 is 0. The van der Waals surface area contributed by atoms with Gasteiger partial charge in [0.1, 0.15) is 0 Å². The molecule has 1 aliphatic carbocycles. The molecule has 0 heterocycles. The van der Waals surface area contributed by atoms with E-state index in [1.807, 2.05) is 13.8 Å². The van der Waals surface area contributed by atoms with Gasteiger partial charge in [0.05, 0.1) is 0 Å². The SMILES string of the molecule is C=C(C)C1=C(C(=O)/C=C\C)CCC1. The molecule has 1 rings (SSSR count). The Morgan fingerprint density at radius 1 is 1.38 bits per heavy atom. The highest BCUT2D eigenvalue weighted by molar-refractivity contribution is 6.05. The average Bonchev–Trinajstić information content (AvgIpc) is 2.52. The molecule has 0 amide bonds.